The van der Waals surface area contributed by atoms with Crippen LogP contribution in [0.5, 0.6) is 0 Å². The molecule has 0 radical (unpaired) electrons. The highest BCUT2D eigenvalue weighted by Crippen LogP contribution is 1.99. The van der Waals surface area contributed by atoms with Crippen molar-refractivity contribution >= 4 is 5.97 Å². The van der Waals surface area contributed by atoms with Crippen molar-refractivity contribution in [2.75, 3.05) is 0 Å². The quantitative estimate of drug-likeness (QED) is 0.615. The highest BCUT2D eigenvalue weighted by molar-refractivity contribution is 5.83. The van der Waals surface area contributed by atoms with Crippen LogP contribution in [0, 0.1) is 6.92 Å². The third-order valence-electron chi connectivity index (χ3n) is 1.41. The summed E-state index contributed by atoms with van der Waals surface area (Å²) in [6.45, 7) is 1.80. The Kier molecular flexibility index (Phi) is 1.45. The molecule has 1 aromatic rings. The Bertz CT molecular complexity index is 265. The van der Waals surface area contributed by atoms with Crippen LogP contribution in [0.15, 0.2) is 6.20 Å². The summed E-state index contributed by atoms with van der Waals surface area (Å²) in [4.78, 5) is 14.0. The molecular formula is C6H8N2O2. The molecule has 0 unspecified atom stereocenters. The van der Waals surface area contributed by atoms with E-state index in [9.17, 15) is 4.79 Å². The number of hydrogen-bond acceptors (Lipinski definition) is 2. The summed E-state index contributed by atoms with van der Waals surface area (Å²) in [5, 5.41) is 8.50. The molecule has 0 saturated carbocycles. The van der Waals surface area contributed by atoms with Crippen LogP contribution in [0.3, 0.4) is 0 Å². The van der Waals surface area contributed by atoms with Gasteiger partial charge in [-0.15, -0.1) is 0 Å². The number of rotatable bonds is 1. The minimum atomic E-state index is -0.990. The Morgan fingerprint density at radius 3 is 2.60 bits per heavy atom. The van der Waals surface area contributed by atoms with Gasteiger partial charge < -0.3 is 9.67 Å². The van der Waals surface area contributed by atoms with E-state index >= 15 is 0 Å². The lowest BCUT2D eigenvalue weighted by Gasteiger charge is -1.95. The van der Waals surface area contributed by atoms with Crippen LogP contribution in [-0.4, -0.2) is 20.6 Å². The highest BCUT2D eigenvalue weighted by Gasteiger charge is 2.09. The fourth-order valence-corrected chi connectivity index (χ4v) is 0.693. The van der Waals surface area contributed by atoms with Crippen LogP contribution in [0.2, 0.25) is 0 Å². The van der Waals surface area contributed by atoms with Gasteiger partial charge in [0.05, 0.1) is 0 Å². The van der Waals surface area contributed by atoms with Gasteiger partial charge in [0.15, 0.2) is 0 Å². The standard InChI is InChI=1S/C6H8N2O2/c1-4-3-7-5(6(9)10)8(4)2/h3H,1-2H3,(H,9,10). The molecule has 54 valence electrons. The zero-order valence-corrected chi connectivity index (χ0v) is 5.83. The summed E-state index contributed by atoms with van der Waals surface area (Å²) in [5.41, 5.74) is 0.845. The monoisotopic (exact) mass is 140 g/mol. The largest absolute Gasteiger partial charge is 0.475 e. The van der Waals surface area contributed by atoms with Crippen molar-refractivity contribution in [1.29, 1.82) is 0 Å². The first-order valence-corrected chi connectivity index (χ1v) is 2.84. The molecule has 0 atom stereocenters. The molecule has 1 heterocycles. The second-order valence-corrected chi connectivity index (χ2v) is 2.09. The second-order valence-electron chi connectivity index (χ2n) is 2.09. The van der Waals surface area contributed by atoms with Gasteiger partial charge >= 0.3 is 5.97 Å². The maximum Gasteiger partial charge on any atom is 0.372 e. The van der Waals surface area contributed by atoms with Crippen LogP contribution in [-0.2, 0) is 7.05 Å². The van der Waals surface area contributed by atoms with Gasteiger partial charge in [0.1, 0.15) is 0 Å². The number of nitrogens with zero attached hydrogens (tertiary/aromatic N) is 2. The highest BCUT2D eigenvalue weighted by atomic mass is 16.4. The Morgan fingerprint density at radius 1 is 1.80 bits per heavy atom. The Balaban J connectivity index is 3.17. The lowest BCUT2D eigenvalue weighted by molar-refractivity contribution is 0.0679. The number of aryl methyl sites for hydroxylation is 1. The molecule has 4 nitrogen and oxygen atoms in total. The van der Waals surface area contributed by atoms with Crippen molar-refractivity contribution in [2.24, 2.45) is 7.05 Å². The summed E-state index contributed by atoms with van der Waals surface area (Å²) < 4.78 is 1.53. The van der Waals surface area contributed by atoms with Crippen LogP contribution in [0.25, 0.3) is 0 Å². The lowest BCUT2D eigenvalue weighted by atomic mass is 10.5. The maximum atomic E-state index is 10.4. The number of carboxylic acids is 1. The molecule has 0 amide bonds. The normalized spacial score (nSPS) is 9.80. The molecular weight excluding hydrogens is 132 g/mol. The summed E-state index contributed by atoms with van der Waals surface area (Å²) in [7, 11) is 1.67. The van der Waals surface area contributed by atoms with E-state index in [1.165, 1.54) is 10.8 Å². The minimum Gasteiger partial charge on any atom is -0.475 e. The van der Waals surface area contributed by atoms with E-state index in [0.717, 1.165) is 5.69 Å². The van der Waals surface area contributed by atoms with Crippen LogP contribution >= 0.6 is 0 Å². The van der Waals surface area contributed by atoms with Crippen LogP contribution in [0.1, 0.15) is 16.3 Å². The molecule has 0 aliphatic carbocycles. The first kappa shape index (κ1) is 6.80. The summed E-state index contributed by atoms with van der Waals surface area (Å²) >= 11 is 0. The summed E-state index contributed by atoms with van der Waals surface area (Å²) in [6.07, 6.45) is 1.53. The van der Waals surface area contributed by atoms with E-state index < -0.39 is 5.97 Å². The molecule has 1 rings (SSSR count). The molecule has 10 heavy (non-hydrogen) atoms. The van der Waals surface area contributed by atoms with E-state index in [2.05, 4.69) is 4.98 Å². The topological polar surface area (TPSA) is 55.1 Å². The van der Waals surface area contributed by atoms with E-state index in [0.29, 0.717) is 0 Å². The van der Waals surface area contributed by atoms with Gasteiger partial charge in [-0.3, -0.25) is 0 Å². The third-order valence-corrected chi connectivity index (χ3v) is 1.41. The fraction of sp³-hybridized carbons (Fsp3) is 0.333. The molecule has 0 saturated heterocycles. The van der Waals surface area contributed by atoms with Crippen LogP contribution in [0.4, 0.5) is 0 Å². The van der Waals surface area contributed by atoms with Gasteiger partial charge in [-0.1, -0.05) is 0 Å². The first-order valence-electron chi connectivity index (χ1n) is 2.84. The predicted octanol–water partition coefficient (Wildman–Crippen LogP) is 0.427. The SMILES string of the molecule is Cc1cnc(C(=O)O)n1C. The fourth-order valence-electron chi connectivity index (χ4n) is 0.693. The molecule has 0 fully saturated rings. The van der Waals surface area contributed by atoms with E-state index in [4.69, 9.17) is 5.11 Å². The Labute approximate surface area is 58.1 Å². The van der Waals surface area contributed by atoms with Crippen molar-refractivity contribution in [3.8, 4) is 0 Å². The maximum absolute atomic E-state index is 10.4. The lowest BCUT2D eigenvalue weighted by Crippen LogP contribution is -2.06. The molecule has 0 bridgehead atoms. The molecule has 0 aliphatic rings. The van der Waals surface area contributed by atoms with Crippen molar-refractivity contribution in [3.63, 3.8) is 0 Å². The number of imidazole rings is 1. The smallest absolute Gasteiger partial charge is 0.372 e. The Morgan fingerprint density at radius 2 is 2.40 bits per heavy atom. The predicted molar refractivity (Wildman–Crippen MR) is 34.9 cm³/mol. The number of aromatic carboxylic acids is 1. The molecule has 4 heteroatoms. The van der Waals surface area contributed by atoms with Gasteiger partial charge in [0.25, 0.3) is 0 Å². The summed E-state index contributed by atoms with van der Waals surface area (Å²) in [6, 6.07) is 0. The van der Waals surface area contributed by atoms with Crippen LogP contribution < -0.4 is 0 Å². The van der Waals surface area contributed by atoms with E-state index in [1.54, 1.807) is 14.0 Å². The number of hydrogen-bond donors (Lipinski definition) is 1. The van der Waals surface area contributed by atoms with E-state index in [1.807, 2.05) is 0 Å². The third kappa shape index (κ3) is 0.877. The van der Waals surface area contributed by atoms with Gasteiger partial charge in [-0.25, -0.2) is 9.78 Å². The molecule has 1 N–H and O–H groups in total. The number of aromatic nitrogens is 2. The molecule has 0 aromatic carbocycles. The minimum absolute atomic E-state index is 0.0810. The zero-order valence-electron chi connectivity index (χ0n) is 5.83. The number of carboxylic acid groups (broad SMARTS) is 1. The average molecular weight is 140 g/mol. The van der Waals surface area contributed by atoms with Gasteiger partial charge in [-0.05, 0) is 6.92 Å². The van der Waals surface area contributed by atoms with Crippen molar-refractivity contribution in [3.05, 3.63) is 17.7 Å². The number of carbonyl (C=O) groups is 1. The molecule has 0 spiro atoms. The van der Waals surface area contributed by atoms with Gasteiger partial charge in [0, 0.05) is 18.9 Å². The first-order chi connectivity index (χ1) is 4.63. The molecule has 1 aromatic heterocycles. The van der Waals surface area contributed by atoms with E-state index in [-0.39, 0.29) is 5.82 Å². The van der Waals surface area contributed by atoms with Gasteiger partial charge in [0.2, 0.25) is 5.82 Å². The van der Waals surface area contributed by atoms with Crippen molar-refractivity contribution in [1.82, 2.24) is 9.55 Å². The summed E-state index contributed by atoms with van der Waals surface area (Å²) in [5.74, 6) is -0.909. The van der Waals surface area contributed by atoms with Gasteiger partial charge in [-0.2, -0.15) is 0 Å². The second kappa shape index (κ2) is 2.13. The van der Waals surface area contributed by atoms with Crippen molar-refractivity contribution in [2.45, 2.75) is 6.92 Å². The zero-order chi connectivity index (χ0) is 7.72. The molecule has 0 aliphatic heterocycles. The average Bonchev–Trinajstić information content (AvgIpc) is 2.14. The van der Waals surface area contributed by atoms with Crippen molar-refractivity contribution < 1.29 is 9.90 Å². The Hall–Kier alpha value is -1.32.